The molecule has 26 heavy (non-hydrogen) atoms. The molecule has 0 radical (unpaired) electrons. The van der Waals surface area contributed by atoms with Crippen molar-refractivity contribution in [3.05, 3.63) is 65.3 Å². The van der Waals surface area contributed by atoms with Crippen LogP contribution in [0.2, 0.25) is 0 Å². The quantitative estimate of drug-likeness (QED) is 0.382. The van der Waals surface area contributed by atoms with Gasteiger partial charge in [-0.1, -0.05) is 67.5 Å². The van der Waals surface area contributed by atoms with E-state index in [1.165, 1.54) is 11.1 Å². The summed E-state index contributed by atoms with van der Waals surface area (Å²) in [6.45, 7) is 8.97. The molecule has 2 heteroatoms. The van der Waals surface area contributed by atoms with Crippen LogP contribution in [0.25, 0.3) is 6.08 Å². The number of ether oxygens (including phenoxy) is 1. The van der Waals surface area contributed by atoms with Crippen LogP contribution in [0.5, 0.6) is 0 Å². The molecule has 1 fully saturated rings. The molecule has 1 saturated carbocycles. The van der Waals surface area contributed by atoms with Crippen LogP contribution in [0.15, 0.2) is 59.7 Å². The van der Waals surface area contributed by atoms with Gasteiger partial charge < -0.3 is 4.74 Å². The zero-order valence-electron chi connectivity index (χ0n) is 16.4. The van der Waals surface area contributed by atoms with Crippen LogP contribution in [0.1, 0.15) is 52.5 Å². The van der Waals surface area contributed by atoms with Gasteiger partial charge in [-0.2, -0.15) is 0 Å². The summed E-state index contributed by atoms with van der Waals surface area (Å²) in [5, 5.41) is 0. The molecule has 0 spiro atoms. The number of hydrogen-bond acceptors (Lipinski definition) is 2. The molecule has 3 atom stereocenters. The van der Waals surface area contributed by atoms with Crippen LogP contribution >= 0.6 is 0 Å². The molecule has 0 heterocycles. The number of rotatable bonds is 3. The summed E-state index contributed by atoms with van der Waals surface area (Å²) < 4.78 is 5.94. The van der Waals surface area contributed by atoms with Crippen molar-refractivity contribution < 1.29 is 9.53 Å². The lowest BCUT2D eigenvalue weighted by atomic mass is 9.98. The first-order valence-corrected chi connectivity index (χ1v) is 9.64. The normalized spacial score (nSPS) is 27.9. The molecule has 138 valence electrons. The number of carbonyl (C=O) groups is 1. The maximum absolute atomic E-state index is 12.4. The van der Waals surface area contributed by atoms with Crippen LogP contribution < -0.4 is 0 Å². The van der Waals surface area contributed by atoms with Crippen molar-refractivity contribution >= 4 is 12.0 Å². The Morgan fingerprint density at radius 3 is 2.62 bits per heavy atom. The zero-order valence-corrected chi connectivity index (χ0v) is 16.4. The lowest BCUT2D eigenvalue weighted by molar-refractivity contribution is -0.144. The topological polar surface area (TPSA) is 26.3 Å². The Labute approximate surface area is 157 Å². The van der Waals surface area contributed by atoms with Gasteiger partial charge in [-0.05, 0) is 49.7 Å². The van der Waals surface area contributed by atoms with E-state index in [1.54, 1.807) is 6.08 Å². The van der Waals surface area contributed by atoms with Crippen molar-refractivity contribution in [2.24, 2.45) is 17.3 Å². The van der Waals surface area contributed by atoms with Gasteiger partial charge in [0.2, 0.25) is 0 Å². The number of fused-ring (bicyclic) bond motifs is 1. The van der Waals surface area contributed by atoms with Gasteiger partial charge in [-0.15, -0.1) is 0 Å². The minimum Gasteiger partial charge on any atom is -0.459 e. The highest BCUT2D eigenvalue weighted by Crippen LogP contribution is 2.62. The van der Waals surface area contributed by atoms with Gasteiger partial charge in [0.1, 0.15) is 6.10 Å². The van der Waals surface area contributed by atoms with E-state index in [4.69, 9.17) is 4.74 Å². The molecule has 0 unspecified atom stereocenters. The van der Waals surface area contributed by atoms with E-state index in [2.05, 4.69) is 39.8 Å². The molecule has 0 bridgehead atoms. The standard InChI is InChI=1S/C24H30O2/c1-17-9-8-10-18(2)16-21(23-20(15-17)24(23,3)4)26-22(25)14-13-19-11-6-5-7-12-19/h5-7,10-15,20-21,23H,8-9,16H2,1-4H3/t20-,21+,23+/m1/s1. The third-order valence-electron chi connectivity index (χ3n) is 5.89. The fourth-order valence-electron chi connectivity index (χ4n) is 4.24. The van der Waals surface area contributed by atoms with Gasteiger partial charge in [0, 0.05) is 18.4 Å². The van der Waals surface area contributed by atoms with E-state index in [0.717, 1.165) is 24.8 Å². The third-order valence-corrected chi connectivity index (χ3v) is 5.89. The van der Waals surface area contributed by atoms with Crippen molar-refractivity contribution in [2.75, 3.05) is 0 Å². The summed E-state index contributed by atoms with van der Waals surface area (Å²) in [7, 11) is 0. The molecule has 2 nitrogen and oxygen atoms in total. The molecular weight excluding hydrogens is 320 g/mol. The molecule has 2 aliphatic rings. The van der Waals surface area contributed by atoms with Gasteiger partial charge in [0.25, 0.3) is 0 Å². The number of hydrogen-bond donors (Lipinski definition) is 0. The molecule has 3 rings (SSSR count). The minimum absolute atomic E-state index is 0.0543. The number of carbonyl (C=O) groups excluding carboxylic acids is 1. The maximum atomic E-state index is 12.4. The number of esters is 1. The first-order valence-electron chi connectivity index (χ1n) is 9.64. The number of benzene rings is 1. The van der Waals surface area contributed by atoms with E-state index in [-0.39, 0.29) is 17.5 Å². The predicted octanol–water partition coefficient (Wildman–Crippen LogP) is 5.96. The van der Waals surface area contributed by atoms with Gasteiger partial charge in [0.05, 0.1) is 0 Å². The smallest absolute Gasteiger partial charge is 0.331 e. The molecule has 2 aliphatic carbocycles. The Balaban J connectivity index is 1.74. The van der Waals surface area contributed by atoms with E-state index >= 15 is 0 Å². The Kier molecular flexibility index (Phi) is 5.50. The lowest BCUT2D eigenvalue weighted by Gasteiger charge is -2.20. The van der Waals surface area contributed by atoms with Crippen LogP contribution in [0.4, 0.5) is 0 Å². The second-order valence-corrected chi connectivity index (χ2v) is 8.40. The highest BCUT2D eigenvalue weighted by atomic mass is 16.5. The van der Waals surface area contributed by atoms with Crippen LogP contribution in [0, 0.1) is 17.3 Å². The molecule has 0 N–H and O–H groups in total. The van der Waals surface area contributed by atoms with Crippen molar-refractivity contribution in [2.45, 2.75) is 53.1 Å². The van der Waals surface area contributed by atoms with Crippen LogP contribution in [-0.4, -0.2) is 12.1 Å². The second kappa shape index (κ2) is 7.65. The Hall–Kier alpha value is -2.09. The summed E-state index contributed by atoms with van der Waals surface area (Å²) >= 11 is 0. The van der Waals surface area contributed by atoms with Crippen LogP contribution in [-0.2, 0) is 9.53 Å². The minimum atomic E-state index is -0.245. The SMILES string of the molecule is CC1=C[C@@H]2[C@@H]([C@@H](OC(=O)C=Cc3ccccc3)CC(C)=CCC1)C2(C)C. The lowest BCUT2D eigenvalue weighted by Crippen LogP contribution is -2.22. The zero-order chi connectivity index (χ0) is 18.7. The average molecular weight is 351 g/mol. The first kappa shape index (κ1) is 18.7. The molecule has 0 amide bonds. The van der Waals surface area contributed by atoms with E-state index in [1.807, 2.05) is 36.4 Å². The Morgan fingerprint density at radius 2 is 1.88 bits per heavy atom. The van der Waals surface area contributed by atoms with Crippen molar-refractivity contribution in [1.82, 2.24) is 0 Å². The van der Waals surface area contributed by atoms with Gasteiger partial charge in [0.15, 0.2) is 0 Å². The van der Waals surface area contributed by atoms with Gasteiger partial charge >= 0.3 is 5.97 Å². The highest BCUT2D eigenvalue weighted by Gasteiger charge is 2.60. The number of allylic oxidation sites excluding steroid dienone is 3. The molecular formula is C24H30O2. The molecule has 0 aliphatic heterocycles. The maximum Gasteiger partial charge on any atom is 0.331 e. The van der Waals surface area contributed by atoms with Crippen LogP contribution in [0.3, 0.4) is 0 Å². The summed E-state index contributed by atoms with van der Waals surface area (Å²) in [6, 6.07) is 9.86. The first-order chi connectivity index (χ1) is 12.4. The Morgan fingerprint density at radius 1 is 1.15 bits per heavy atom. The average Bonchev–Trinajstić information content (AvgIpc) is 3.13. The molecule has 0 aromatic heterocycles. The molecule has 0 saturated heterocycles. The van der Waals surface area contributed by atoms with E-state index in [0.29, 0.717) is 11.8 Å². The van der Waals surface area contributed by atoms with Crippen molar-refractivity contribution in [1.29, 1.82) is 0 Å². The summed E-state index contributed by atoms with van der Waals surface area (Å²) in [6.07, 6.45) is 11.1. The Bertz CT molecular complexity index is 737. The fraction of sp³-hybridized carbons (Fsp3) is 0.458. The summed E-state index contributed by atoms with van der Waals surface area (Å²) in [5.41, 5.74) is 3.98. The molecule has 1 aromatic carbocycles. The summed E-state index contributed by atoms with van der Waals surface area (Å²) in [4.78, 5) is 12.4. The highest BCUT2D eigenvalue weighted by molar-refractivity contribution is 5.87. The van der Waals surface area contributed by atoms with Gasteiger partial charge in [-0.25, -0.2) is 4.79 Å². The van der Waals surface area contributed by atoms with Crippen molar-refractivity contribution in [3.8, 4) is 0 Å². The predicted molar refractivity (Wildman–Crippen MR) is 107 cm³/mol. The van der Waals surface area contributed by atoms with Crippen molar-refractivity contribution in [3.63, 3.8) is 0 Å². The molecule has 1 aromatic rings. The monoisotopic (exact) mass is 350 g/mol. The fourth-order valence-corrected chi connectivity index (χ4v) is 4.24. The summed E-state index contributed by atoms with van der Waals surface area (Å²) in [5.74, 6) is 0.656. The van der Waals surface area contributed by atoms with E-state index < -0.39 is 0 Å². The second-order valence-electron chi connectivity index (χ2n) is 8.40. The third kappa shape index (κ3) is 4.35. The van der Waals surface area contributed by atoms with Gasteiger partial charge in [-0.3, -0.25) is 0 Å². The van der Waals surface area contributed by atoms with E-state index in [9.17, 15) is 4.79 Å². The largest absolute Gasteiger partial charge is 0.459 e.